The fourth-order valence-electron chi connectivity index (χ4n) is 3.30. The molecule has 2 aliphatic rings. The van der Waals surface area contributed by atoms with E-state index in [4.69, 9.17) is 9.47 Å². The Morgan fingerprint density at radius 3 is 2.78 bits per heavy atom. The molecule has 1 N–H and O–H groups in total. The molecule has 1 amide bonds. The molecule has 0 aromatic rings. The molecule has 3 atom stereocenters. The third-order valence-corrected chi connectivity index (χ3v) is 5.49. The maximum absolute atomic E-state index is 12.1. The van der Waals surface area contributed by atoms with Crippen molar-refractivity contribution in [2.24, 2.45) is 0 Å². The van der Waals surface area contributed by atoms with E-state index in [0.717, 1.165) is 12.8 Å². The maximum Gasteiger partial charge on any atom is 0.409 e. The summed E-state index contributed by atoms with van der Waals surface area (Å²) < 4.78 is 10.9. The molecular formula is C16H25NO5S. The monoisotopic (exact) mass is 343 g/mol. The van der Waals surface area contributed by atoms with Crippen LogP contribution in [0.3, 0.4) is 0 Å². The number of hydrogen-bond acceptors (Lipinski definition) is 5. The molecule has 23 heavy (non-hydrogen) atoms. The lowest BCUT2D eigenvalue weighted by atomic mass is 9.82. The Hall–Kier alpha value is -1.37. The molecule has 0 saturated carbocycles. The Balaban J connectivity index is 2.32. The quantitative estimate of drug-likeness (QED) is 0.826. The van der Waals surface area contributed by atoms with Crippen LogP contribution < -0.4 is 0 Å². The van der Waals surface area contributed by atoms with Crippen molar-refractivity contribution < 1.29 is 24.2 Å². The molecule has 2 heterocycles. The van der Waals surface area contributed by atoms with Crippen LogP contribution in [0.5, 0.6) is 0 Å². The molecule has 0 spiro atoms. The van der Waals surface area contributed by atoms with Crippen LogP contribution >= 0.6 is 11.8 Å². The first-order valence-electron chi connectivity index (χ1n) is 8.08. The van der Waals surface area contributed by atoms with Gasteiger partial charge in [0.05, 0.1) is 13.2 Å². The summed E-state index contributed by atoms with van der Waals surface area (Å²) >= 11 is 1.55. The van der Waals surface area contributed by atoms with Gasteiger partial charge in [-0.3, -0.25) is 0 Å². The highest BCUT2D eigenvalue weighted by atomic mass is 32.2. The Bertz CT molecular complexity index is 495. The van der Waals surface area contributed by atoms with Gasteiger partial charge in [0.1, 0.15) is 0 Å². The highest BCUT2D eigenvalue weighted by molar-refractivity contribution is 8.03. The van der Waals surface area contributed by atoms with E-state index in [9.17, 15) is 14.7 Å². The number of aliphatic carboxylic acids is 1. The summed E-state index contributed by atoms with van der Waals surface area (Å²) in [6.45, 7) is 4.55. The minimum Gasteiger partial charge on any atom is -0.478 e. The molecule has 7 heteroatoms. The van der Waals surface area contributed by atoms with Crippen molar-refractivity contribution in [1.82, 2.24) is 4.90 Å². The van der Waals surface area contributed by atoms with Crippen molar-refractivity contribution in [2.75, 3.05) is 13.7 Å². The number of carbonyl (C=O) groups excluding carboxylic acids is 1. The fraction of sp³-hybridized carbons (Fsp3) is 0.750. The molecular weight excluding hydrogens is 318 g/mol. The van der Waals surface area contributed by atoms with Gasteiger partial charge in [0.2, 0.25) is 5.60 Å². The van der Waals surface area contributed by atoms with Gasteiger partial charge in [-0.15, -0.1) is 0 Å². The summed E-state index contributed by atoms with van der Waals surface area (Å²) in [6, 6.07) is -0.524. The van der Waals surface area contributed by atoms with Gasteiger partial charge in [0.25, 0.3) is 0 Å². The number of ether oxygens (including phenoxy) is 2. The van der Waals surface area contributed by atoms with Crippen LogP contribution in [0.2, 0.25) is 0 Å². The smallest absolute Gasteiger partial charge is 0.409 e. The lowest BCUT2D eigenvalue weighted by Crippen LogP contribution is -2.63. The first kappa shape index (κ1) is 18.0. The molecule has 0 aromatic heterocycles. The van der Waals surface area contributed by atoms with Crippen LogP contribution in [0.15, 0.2) is 11.2 Å². The van der Waals surface area contributed by atoms with E-state index in [1.807, 2.05) is 13.0 Å². The number of thioether (sulfide) groups is 1. The third-order valence-electron chi connectivity index (χ3n) is 4.41. The number of carboxylic acids is 1. The number of carboxylic acid groups (broad SMARTS) is 1. The van der Waals surface area contributed by atoms with E-state index in [-0.39, 0.29) is 0 Å². The van der Waals surface area contributed by atoms with E-state index < -0.39 is 23.7 Å². The molecule has 1 fully saturated rings. The van der Waals surface area contributed by atoms with E-state index in [1.54, 1.807) is 11.8 Å². The van der Waals surface area contributed by atoms with Crippen LogP contribution in [0.25, 0.3) is 0 Å². The first-order valence-corrected chi connectivity index (χ1v) is 8.96. The second kappa shape index (κ2) is 7.47. The van der Waals surface area contributed by atoms with Gasteiger partial charge in [0.15, 0.2) is 5.09 Å². The lowest BCUT2D eigenvalue weighted by molar-refractivity contribution is -0.173. The predicted molar refractivity (Wildman–Crippen MR) is 88.2 cm³/mol. The normalized spacial score (nSPS) is 30.7. The van der Waals surface area contributed by atoms with Gasteiger partial charge >= 0.3 is 12.1 Å². The summed E-state index contributed by atoms with van der Waals surface area (Å²) in [4.78, 5) is 25.8. The van der Waals surface area contributed by atoms with Gasteiger partial charge in [0, 0.05) is 18.2 Å². The largest absolute Gasteiger partial charge is 0.478 e. The topological polar surface area (TPSA) is 76.1 Å². The number of carbonyl (C=O) groups is 2. The van der Waals surface area contributed by atoms with Gasteiger partial charge < -0.3 is 19.5 Å². The Kier molecular flexibility index (Phi) is 5.84. The van der Waals surface area contributed by atoms with E-state index in [1.165, 1.54) is 12.0 Å². The molecule has 0 aliphatic carbocycles. The van der Waals surface area contributed by atoms with Crippen molar-refractivity contribution in [3.8, 4) is 0 Å². The number of likely N-dealkylation sites (tertiary alicyclic amines) is 1. The van der Waals surface area contributed by atoms with Crippen molar-refractivity contribution in [3.63, 3.8) is 0 Å². The Labute approximate surface area is 141 Å². The standard InChI is InChI=1S/C16H25NO5S/c1-4-6-12-16(14(18)19,22-13-8-7-11(2)23-13)9-5-10-17(12)15(20)21-3/h8,11-12H,4-7,9-10H2,1-3H3,(H,18,19). The molecule has 0 radical (unpaired) electrons. The lowest BCUT2D eigenvalue weighted by Gasteiger charge is -2.46. The van der Waals surface area contributed by atoms with Crippen LogP contribution in [-0.2, 0) is 14.3 Å². The molecule has 130 valence electrons. The van der Waals surface area contributed by atoms with Crippen molar-refractivity contribution in [1.29, 1.82) is 0 Å². The SMILES string of the molecule is CCCC1N(C(=O)OC)CCCC1(OC1=CCC(C)S1)C(=O)O. The first-order chi connectivity index (χ1) is 10.9. The summed E-state index contributed by atoms with van der Waals surface area (Å²) in [5, 5.41) is 11.0. The molecule has 2 rings (SSSR count). The molecule has 0 aromatic carbocycles. The van der Waals surface area contributed by atoms with Crippen LogP contribution in [0.1, 0.15) is 46.0 Å². The number of methoxy groups -OCH3 is 1. The number of amides is 1. The van der Waals surface area contributed by atoms with E-state index >= 15 is 0 Å². The maximum atomic E-state index is 12.1. The second-order valence-electron chi connectivity index (χ2n) is 6.06. The zero-order valence-corrected chi connectivity index (χ0v) is 14.7. The minimum atomic E-state index is -1.40. The summed E-state index contributed by atoms with van der Waals surface area (Å²) in [6.07, 6.45) is 4.63. The van der Waals surface area contributed by atoms with E-state index in [0.29, 0.717) is 36.1 Å². The molecule has 1 saturated heterocycles. The average Bonchev–Trinajstić information content (AvgIpc) is 2.93. The second-order valence-corrected chi connectivity index (χ2v) is 7.50. The fourth-order valence-corrected chi connectivity index (χ4v) is 4.28. The van der Waals surface area contributed by atoms with Gasteiger partial charge in [-0.25, -0.2) is 9.59 Å². The number of piperidine rings is 1. The number of nitrogens with zero attached hydrogens (tertiary/aromatic N) is 1. The highest BCUT2D eigenvalue weighted by Gasteiger charge is 2.54. The van der Waals surface area contributed by atoms with Crippen molar-refractivity contribution >= 4 is 23.8 Å². The van der Waals surface area contributed by atoms with Gasteiger partial charge in [-0.2, -0.15) is 0 Å². The van der Waals surface area contributed by atoms with Crippen LogP contribution in [0, 0.1) is 0 Å². The minimum absolute atomic E-state index is 0.390. The van der Waals surface area contributed by atoms with Crippen LogP contribution in [-0.4, -0.2) is 52.6 Å². The van der Waals surface area contributed by atoms with E-state index in [2.05, 4.69) is 6.92 Å². The zero-order valence-electron chi connectivity index (χ0n) is 13.9. The molecule has 2 aliphatic heterocycles. The third kappa shape index (κ3) is 3.59. The van der Waals surface area contributed by atoms with Crippen molar-refractivity contribution in [2.45, 2.75) is 62.8 Å². The van der Waals surface area contributed by atoms with Crippen LogP contribution in [0.4, 0.5) is 4.79 Å². The Morgan fingerprint density at radius 1 is 1.52 bits per heavy atom. The summed E-state index contributed by atoms with van der Waals surface area (Å²) in [7, 11) is 1.32. The zero-order chi connectivity index (χ0) is 17.0. The number of allylic oxidation sites excluding steroid dienone is 1. The molecule has 0 bridgehead atoms. The molecule has 6 nitrogen and oxygen atoms in total. The molecule has 3 unspecified atom stereocenters. The Morgan fingerprint density at radius 2 is 2.26 bits per heavy atom. The number of hydrogen-bond donors (Lipinski definition) is 1. The highest BCUT2D eigenvalue weighted by Crippen LogP contribution is 2.42. The van der Waals surface area contributed by atoms with Crippen molar-refractivity contribution in [3.05, 3.63) is 11.2 Å². The predicted octanol–water partition coefficient (Wildman–Crippen LogP) is 3.22. The summed E-state index contributed by atoms with van der Waals surface area (Å²) in [5.41, 5.74) is -1.40. The van der Waals surface area contributed by atoms with Gasteiger partial charge in [-0.05, 0) is 25.3 Å². The average molecular weight is 343 g/mol. The van der Waals surface area contributed by atoms with Gasteiger partial charge in [-0.1, -0.05) is 32.0 Å². The number of rotatable bonds is 5. The summed E-state index contributed by atoms with van der Waals surface area (Å²) in [5.74, 6) is -1.01.